The molecule has 16 nitrogen and oxygen atoms in total. The summed E-state index contributed by atoms with van der Waals surface area (Å²) < 4.78 is 68.6. The molecule has 0 radical (unpaired) electrons. The Kier molecular flexibility index (Phi) is 20.4. The van der Waals surface area contributed by atoms with Crippen molar-refractivity contribution in [1.82, 2.24) is 39.4 Å². The van der Waals surface area contributed by atoms with Crippen molar-refractivity contribution in [2.24, 2.45) is 0 Å². The molecule has 5 aromatic rings. The molecule has 370 valence electrons. The fraction of sp³-hybridized carbons (Fsp3) is 0.479. The third kappa shape index (κ3) is 15.4. The second-order valence-corrected chi connectivity index (χ2v) is 23.4. The van der Waals surface area contributed by atoms with Gasteiger partial charge in [-0.1, -0.05) is 38.3 Å². The lowest BCUT2D eigenvalue weighted by molar-refractivity contribution is 0.0943. The fourth-order valence-electron chi connectivity index (χ4n) is 7.95. The molecule has 2 aliphatic heterocycles. The van der Waals surface area contributed by atoms with Crippen LogP contribution in [0.3, 0.4) is 0 Å². The highest BCUT2D eigenvalue weighted by Gasteiger charge is 2.32. The number of nitrogens with zero attached hydrogens (tertiary/aromatic N) is 4. The van der Waals surface area contributed by atoms with E-state index in [2.05, 4.69) is 37.7 Å². The lowest BCUT2D eigenvalue weighted by Gasteiger charge is -2.31. The Labute approximate surface area is 409 Å². The minimum atomic E-state index is -3.53. The summed E-state index contributed by atoms with van der Waals surface area (Å²) in [6.45, 7) is 7.64. The number of ether oxygens (including phenoxy) is 2. The van der Waals surface area contributed by atoms with Crippen LogP contribution in [-0.2, 0) is 39.7 Å². The normalized spacial score (nSPS) is 15.3. The lowest BCUT2D eigenvalue weighted by atomic mass is 10.1. The first-order valence-corrected chi connectivity index (χ1v) is 27.9. The van der Waals surface area contributed by atoms with Crippen LogP contribution < -0.4 is 30.7 Å². The smallest absolute Gasteiger partial charge is 0.252 e. The van der Waals surface area contributed by atoms with Crippen LogP contribution in [0.1, 0.15) is 95.2 Å². The summed E-state index contributed by atoms with van der Waals surface area (Å²) >= 11 is 2.42. The number of rotatable bonds is 23. The van der Waals surface area contributed by atoms with Gasteiger partial charge in [-0.2, -0.15) is 8.61 Å². The Balaban J connectivity index is 0.000000224. The van der Waals surface area contributed by atoms with Crippen molar-refractivity contribution < 1.29 is 35.9 Å². The van der Waals surface area contributed by atoms with Crippen molar-refractivity contribution in [1.29, 1.82) is 0 Å². The molecular formula is C48H66N8O8S4. The molecule has 0 spiro atoms. The minimum Gasteiger partial charge on any atom is -0.497 e. The molecule has 68 heavy (non-hydrogen) atoms. The summed E-state index contributed by atoms with van der Waals surface area (Å²) in [6.07, 6.45) is 14.7. The Bertz CT molecular complexity index is 2550. The summed E-state index contributed by atoms with van der Waals surface area (Å²) in [6, 6.07) is 21.4. The van der Waals surface area contributed by atoms with Gasteiger partial charge in [-0.3, -0.25) is 9.59 Å². The highest BCUT2D eigenvalue weighted by atomic mass is 32.3. The quantitative estimate of drug-likeness (QED) is 0.0508. The molecule has 2 saturated heterocycles. The van der Waals surface area contributed by atoms with Gasteiger partial charge in [-0.25, -0.2) is 21.8 Å². The van der Waals surface area contributed by atoms with Gasteiger partial charge in [0.05, 0.1) is 33.6 Å². The number of thiophene rings is 2. The Hall–Kier alpha value is -4.67. The summed E-state index contributed by atoms with van der Waals surface area (Å²) in [5, 5.41) is 12.8. The maximum atomic E-state index is 13.1. The van der Waals surface area contributed by atoms with Gasteiger partial charge in [0, 0.05) is 78.1 Å². The summed E-state index contributed by atoms with van der Waals surface area (Å²) in [4.78, 5) is 30.5. The van der Waals surface area contributed by atoms with E-state index < -0.39 is 20.0 Å². The van der Waals surface area contributed by atoms with Gasteiger partial charge in [0.15, 0.2) is 0 Å². The van der Waals surface area contributed by atoms with Crippen LogP contribution in [0.25, 0.3) is 0 Å². The van der Waals surface area contributed by atoms with Crippen molar-refractivity contribution in [3.63, 3.8) is 0 Å². The van der Waals surface area contributed by atoms with Crippen molar-refractivity contribution in [2.45, 2.75) is 105 Å². The van der Waals surface area contributed by atoms with Crippen LogP contribution in [0.15, 0.2) is 99.9 Å². The second kappa shape index (κ2) is 26.3. The van der Waals surface area contributed by atoms with Crippen LogP contribution in [0.4, 0.5) is 0 Å². The van der Waals surface area contributed by atoms with Gasteiger partial charge >= 0.3 is 0 Å². The zero-order valence-corrected chi connectivity index (χ0v) is 42.5. The predicted molar refractivity (Wildman–Crippen MR) is 268 cm³/mol. The highest BCUT2D eigenvalue weighted by Crippen LogP contribution is 2.29. The van der Waals surface area contributed by atoms with E-state index in [0.29, 0.717) is 69.3 Å². The molecule has 0 atom stereocenters. The molecule has 3 aromatic heterocycles. The van der Waals surface area contributed by atoms with Gasteiger partial charge in [0.1, 0.15) is 19.9 Å². The molecule has 2 fully saturated rings. The summed E-state index contributed by atoms with van der Waals surface area (Å²) in [5.41, 5.74) is 0.993. The standard InChI is InChI=1S/C24H31N5O4S2.C24H35N3O4S2/c1-33-21-5-2-4-19(16-21)24(30)27-17-22-6-7-23(34-22)35(31,32)29-13-8-20(9-14-29)26-10-3-12-28-15-11-25-18-28;1-3-4-5-6-14-25-20-12-15-27(16-13-20)33(29,30)23-11-10-22(32-23)18-26-24(28)19-8-7-9-21(17-19)31-2/h2,4-7,11,15-16,18,20,26H,3,8-10,12-14,17H2,1H3,(H,27,30);7-11,17,20,25H,3-6,12-16,18H2,1-2H3,(H,26,28). The highest BCUT2D eigenvalue weighted by molar-refractivity contribution is 7.91. The van der Waals surface area contributed by atoms with Gasteiger partial charge < -0.3 is 35.3 Å². The van der Waals surface area contributed by atoms with E-state index in [1.807, 2.05) is 12.5 Å². The van der Waals surface area contributed by atoms with E-state index in [0.717, 1.165) is 61.5 Å². The number of sulfonamides is 2. The first-order chi connectivity index (χ1) is 32.9. The van der Waals surface area contributed by atoms with E-state index >= 15 is 0 Å². The topological polar surface area (TPSA) is 193 Å². The number of nitrogens with one attached hydrogen (secondary N) is 4. The van der Waals surface area contributed by atoms with Crippen molar-refractivity contribution in [2.75, 3.05) is 53.5 Å². The van der Waals surface area contributed by atoms with Crippen molar-refractivity contribution in [3.05, 3.63) is 112 Å². The maximum Gasteiger partial charge on any atom is 0.252 e. The van der Waals surface area contributed by atoms with Gasteiger partial charge in [0.25, 0.3) is 31.9 Å². The van der Waals surface area contributed by atoms with Crippen LogP contribution in [0, 0.1) is 0 Å². The number of methoxy groups -OCH3 is 2. The molecule has 2 amide bonds. The number of hydrogen-bond donors (Lipinski definition) is 4. The molecule has 20 heteroatoms. The van der Waals surface area contributed by atoms with E-state index in [1.165, 1.54) is 48.4 Å². The fourth-order valence-corrected chi connectivity index (χ4v) is 13.8. The monoisotopic (exact) mass is 1010 g/mol. The molecule has 7 rings (SSSR count). The van der Waals surface area contributed by atoms with E-state index in [-0.39, 0.29) is 24.9 Å². The predicted octanol–water partition coefficient (Wildman–Crippen LogP) is 6.73. The average molecular weight is 1010 g/mol. The molecule has 0 saturated carbocycles. The molecule has 0 bridgehead atoms. The van der Waals surface area contributed by atoms with E-state index in [9.17, 15) is 26.4 Å². The number of carbonyl (C=O) groups is 2. The third-order valence-electron chi connectivity index (χ3n) is 11.9. The number of benzene rings is 2. The number of hydrogen-bond acceptors (Lipinski definition) is 13. The zero-order valence-electron chi connectivity index (χ0n) is 39.2. The molecule has 4 N–H and O–H groups in total. The lowest BCUT2D eigenvalue weighted by Crippen LogP contribution is -2.45. The van der Waals surface area contributed by atoms with Crippen LogP contribution >= 0.6 is 22.7 Å². The third-order valence-corrected chi connectivity index (χ3v) is 18.8. The SMILES string of the molecule is CCCCCCNC1CCN(S(=O)(=O)c2ccc(CNC(=O)c3cccc(OC)c3)s2)CC1.COc1cccc(C(=O)NCc2ccc(S(=O)(=O)N3CCC(NCCCn4ccnc4)CC3)s2)c1. The first kappa shape index (κ1) is 52.7. The molecule has 0 unspecified atom stereocenters. The van der Waals surface area contributed by atoms with Gasteiger partial charge in [-0.15, -0.1) is 22.7 Å². The number of aromatic nitrogens is 2. The van der Waals surface area contributed by atoms with E-state index in [4.69, 9.17) is 9.47 Å². The number of amides is 2. The van der Waals surface area contributed by atoms with Crippen molar-refractivity contribution in [3.8, 4) is 11.5 Å². The maximum absolute atomic E-state index is 13.1. The Morgan fingerprint density at radius 3 is 1.59 bits per heavy atom. The first-order valence-electron chi connectivity index (χ1n) is 23.3. The summed E-state index contributed by atoms with van der Waals surface area (Å²) in [5.74, 6) is 0.760. The number of piperidine rings is 2. The average Bonchev–Trinajstić information content (AvgIpc) is 4.19. The van der Waals surface area contributed by atoms with Crippen LogP contribution in [-0.4, -0.2) is 112 Å². The minimum absolute atomic E-state index is 0.226. The van der Waals surface area contributed by atoms with Crippen molar-refractivity contribution >= 4 is 54.5 Å². The number of aryl methyl sites for hydroxylation is 1. The zero-order chi connectivity index (χ0) is 48.4. The summed E-state index contributed by atoms with van der Waals surface area (Å²) in [7, 11) is -3.93. The largest absolute Gasteiger partial charge is 0.497 e. The Morgan fingerprint density at radius 1 is 0.662 bits per heavy atom. The van der Waals surface area contributed by atoms with Gasteiger partial charge in [-0.05, 0) is 112 Å². The number of imidazole rings is 1. The Morgan fingerprint density at radius 2 is 1.15 bits per heavy atom. The molecule has 2 aliphatic rings. The van der Waals surface area contributed by atoms with Crippen LogP contribution in [0.2, 0.25) is 0 Å². The molecule has 2 aromatic carbocycles. The molecular weight excluding hydrogens is 945 g/mol. The van der Waals surface area contributed by atoms with Gasteiger partial charge in [0.2, 0.25) is 0 Å². The van der Waals surface area contributed by atoms with E-state index in [1.54, 1.807) is 102 Å². The second-order valence-electron chi connectivity index (χ2n) is 16.8. The number of carbonyl (C=O) groups excluding carboxylic acids is 2. The molecule has 5 heterocycles. The number of unbranched alkanes of at least 4 members (excludes halogenated alkanes) is 3. The molecule has 0 aliphatic carbocycles. The van der Waals surface area contributed by atoms with Crippen LogP contribution in [0.5, 0.6) is 11.5 Å².